The third kappa shape index (κ3) is 4.63. The standard InChI is InChI=1S/C21H27BrN4O2/c1-15-4-3-9-26(13-15)21(27)16-7-10-25(11-8-16)14-19-23-20(24-28-19)17-5-2-6-18(22)12-17/h2,5-6,12,15-16H,3-4,7-11,13-14H2,1H3. The molecule has 2 fully saturated rings. The molecular weight excluding hydrogens is 420 g/mol. The first-order valence-electron chi connectivity index (χ1n) is 10.2. The van der Waals surface area contributed by atoms with Crippen LogP contribution in [0.3, 0.4) is 0 Å². The van der Waals surface area contributed by atoms with Gasteiger partial charge in [-0.3, -0.25) is 9.69 Å². The molecule has 1 aromatic carbocycles. The number of likely N-dealkylation sites (tertiary alicyclic amines) is 2. The van der Waals surface area contributed by atoms with Crippen molar-refractivity contribution in [1.29, 1.82) is 0 Å². The van der Waals surface area contributed by atoms with E-state index in [1.165, 1.54) is 6.42 Å². The summed E-state index contributed by atoms with van der Waals surface area (Å²) in [5, 5.41) is 4.11. The molecular formula is C21H27BrN4O2. The van der Waals surface area contributed by atoms with Crippen LogP contribution in [0, 0.1) is 11.8 Å². The van der Waals surface area contributed by atoms with Crippen molar-refractivity contribution in [2.75, 3.05) is 26.2 Å². The Morgan fingerprint density at radius 1 is 1.25 bits per heavy atom. The smallest absolute Gasteiger partial charge is 0.241 e. The lowest BCUT2D eigenvalue weighted by Gasteiger charge is -2.36. The van der Waals surface area contributed by atoms with Crippen LogP contribution in [0.2, 0.25) is 0 Å². The highest BCUT2D eigenvalue weighted by Gasteiger charge is 2.30. The predicted octanol–water partition coefficient (Wildman–Crippen LogP) is 3.97. The maximum absolute atomic E-state index is 12.8. The van der Waals surface area contributed by atoms with E-state index >= 15 is 0 Å². The summed E-state index contributed by atoms with van der Waals surface area (Å²) in [6.45, 7) is 6.55. The predicted molar refractivity (Wildman–Crippen MR) is 110 cm³/mol. The zero-order chi connectivity index (χ0) is 19.5. The number of carbonyl (C=O) groups excluding carboxylic acids is 1. The minimum atomic E-state index is 0.168. The summed E-state index contributed by atoms with van der Waals surface area (Å²) in [6.07, 6.45) is 4.21. The molecule has 2 aliphatic rings. The Morgan fingerprint density at radius 3 is 2.82 bits per heavy atom. The third-order valence-electron chi connectivity index (χ3n) is 5.82. The molecule has 3 heterocycles. The highest BCUT2D eigenvalue weighted by Crippen LogP contribution is 2.25. The van der Waals surface area contributed by atoms with Gasteiger partial charge in [-0.2, -0.15) is 4.98 Å². The number of piperidine rings is 2. The molecule has 0 bridgehead atoms. The molecule has 150 valence electrons. The number of nitrogens with zero attached hydrogens (tertiary/aromatic N) is 4. The number of halogens is 1. The van der Waals surface area contributed by atoms with Crippen molar-refractivity contribution >= 4 is 21.8 Å². The maximum atomic E-state index is 12.8. The van der Waals surface area contributed by atoms with Gasteiger partial charge in [-0.25, -0.2) is 0 Å². The Balaban J connectivity index is 1.29. The molecule has 1 unspecified atom stereocenters. The van der Waals surface area contributed by atoms with Gasteiger partial charge in [0.1, 0.15) is 0 Å². The summed E-state index contributed by atoms with van der Waals surface area (Å²) < 4.78 is 6.44. The molecule has 1 aromatic heterocycles. The van der Waals surface area contributed by atoms with Crippen molar-refractivity contribution in [2.45, 2.75) is 39.2 Å². The van der Waals surface area contributed by atoms with E-state index in [-0.39, 0.29) is 5.92 Å². The number of amides is 1. The van der Waals surface area contributed by atoms with Crippen molar-refractivity contribution in [3.63, 3.8) is 0 Å². The zero-order valence-electron chi connectivity index (χ0n) is 16.3. The van der Waals surface area contributed by atoms with Crippen molar-refractivity contribution in [3.05, 3.63) is 34.6 Å². The molecule has 0 aliphatic carbocycles. The Kier molecular flexibility index (Phi) is 6.11. The second kappa shape index (κ2) is 8.74. The summed E-state index contributed by atoms with van der Waals surface area (Å²) in [6, 6.07) is 7.88. The van der Waals surface area contributed by atoms with E-state index in [1.54, 1.807) is 0 Å². The highest BCUT2D eigenvalue weighted by molar-refractivity contribution is 9.10. The molecule has 2 aromatic rings. The minimum absolute atomic E-state index is 0.168. The Hall–Kier alpha value is -1.73. The second-order valence-corrected chi connectivity index (χ2v) is 9.02. The molecule has 4 rings (SSSR count). The van der Waals surface area contributed by atoms with E-state index in [0.29, 0.717) is 30.1 Å². The summed E-state index contributed by atoms with van der Waals surface area (Å²) in [5.74, 6) is 2.40. The number of hydrogen-bond donors (Lipinski definition) is 0. The molecule has 0 radical (unpaired) electrons. The van der Waals surface area contributed by atoms with Gasteiger partial charge in [0.25, 0.3) is 0 Å². The molecule has 6 nitrogen and oxygen atoms in total. The molecule has 28 heavy (non-hydrogen) atoms. The van der Waals surface area contributed by atoms with Crippen LogP contribution >= 0.6 is 15.9 Å². The van der Waals surface area contributed by atoms with Gasteiger partial charge in [0.05, 0.1) is 6.54 Å². The van der Waals surface area contributed by atoms with Crippen LogP contribution in [0.4, 0.5) is 0 Å². The number of rotatable bonds is 4. The Morgan fingerprint density at radius 2 is 2.07 bits per heavy atom. The number of benzene rings is 1. The zero-order valence-corrected chi connectivity index (χ0v) is 17.9. The van der Waals surface area contributed by atoms with Gasteiger partial charge in [0.15, 0.2) is 0 Å². The van der Waals surface area contributed by atoms with E-state index in [2.05, 4.69) is 42.8 Å². The molecule has 1 atom stereocenters. The van der Waals surface area contributed by atoms with Crippen LogP contribution < -0.4 is 0 Å². The molecule has 0 spiro atoms. The van der Waals surface area contributed by atoms with Gasteiger partial charge in [-0.15, -0.1) is 0 Å². The first kappa shape index (κ1) is 19.6. The van der Waals surface area contributed by atoms with Crippen LogP contribution in [0.5, 0.6) is 0 Å². The highest BCUT2D eigenvalue weighted by atomic mass is 79.9. The largest absolute Gasteiger partial charge is 0.342 e. The first-order chi connectivity index (χ1) is 13.6. The average Bonchev–Trinajstić information content (AvgIpc) is 3.17. The summed E-state index contributed by atoms with van der Waals surface area (Å²) in [5.41, 5.74) is 0.935. The fourth-order valence-corrected chi connectivity index (χ4v) is 4.64. The van der Waals surface area contributed by atoms with E-state index in [0.717, 1.165) is 55.5 Å². The van der Waals surface area contributed by atoms with E-state index in [1.807, 2.05) is 24.3 Å². The minimum Gasteiger partial charge on any atom is -0.342 e. The van der Waals surface area contributed by atoms with Gasteiger partial charge >= 0.3 is 0 Å². The normalized spacial score (nSPS) is 21.8. The molecule has 0 N–H and O–H groups in total. The van der Waals surface area contributed by atoms with E-state index < -0.39 is 0 Å². The molecule has 0 saturated carbocycles. The lowest BCUT2D eigenvalue weighted by Crippen LogP contribution is -2.45. The fraction of sp³-hybridized carbons (Fsp3) is 0.571. The second-order valence-electron chi connectivity index (χ2n) is 8.10. The summed E-state index contributed by atoms with van der Waals surface area (Å²) >= 11 is 3.47. The third-order valence-corrected chi connectivity index (χ3v) is 6.31. The molecule has 2 saturated heterocycles. The quantitative estimate of drug-likeness (QED) is 0.710. The summed E-state index contributed by atoms with van der Waals surface area (Å²) in [7, 11) is 0. The number of aromatic nitrogens is 2. The molecule has 2 aliphatic heterocycles. The number of hydrogen-bond acceptors (Lipinski definition) is 5. The van der Waals surface area contributed by atoms with Crippen LogP contribution in [0.15, 0.2) is 33.3 Å². The van der Waals surface area contributed by atoms with Gasteiger partial charge < -0.3 is 9.42 Å². The monoisotopic (exact) mass is 446 g/mol. The van der Waals surface area contributed by atoms with Crippen LogP contribution in [0.25, 0.3) is 11.4 Å². The SMILES string of the molecule is CC1CCCN(C(=O)C2CCN(Cc3nc(-c4cccc(Br)c4)no3)CC2)C1. The summed E-state index contributed by atoms with van der Waals surface area (Å²) in [4.78, 5) is 21.8. The lowest BCUT2D eigenvalue weighted by molar-refractivity contribution is -0.138. The fourth-order valence-electron chi connectivity index (χ4n) is 4.24. The first-order valence-corrected chi connectivity index (χ1v) is 11.0. The van der Waals surface area contributed by atoms with Gasteiger partial charge in [-0.1, -0.05) is 40.1 Å². The van der Waals surface area contributed by atoms with E-state index in [9.17, 15) is 4.79 Å². The van der Waals surface area contributed by atoms with Gasteiger partial charge in [-0.05, 0) is 56.8 Å². The van der Waals surface area contributed by atoms with Crippen LogP contribution in [-0.2, 0) is 11.3 Å². The van der Waals surface area contributed by atoms with Crippen molar-refractivity contribution in [2.24, 2.45) is 11.8 Å². The van der Waals surface area contributed by atoms with Gasteiger partial charge in [0, 0.05) is 29.0 Å². The lowest BCUT2D eigenvalue weighted by atomic mass is 9.93. The maximum Gasteiger partial charge on any atom is 0.241 e. The van der Waals surface area contributed by atoms with Gasteiger partial charge in [0.2, 0.25) is 17.6 Å². The Bertz CT molecular complexity index is 816. The average molecular weight is 447 g/mol. The molecule has 7 heteroatoms. The Labute approximate surface area is 174 Å². The van der Waals surface area contributed by atoms with Crippen molar-refractivity contribution in [3.8, 4) is 11.4 Å². The topological polar surface area (TPSA) is 62.5 Å². The van der Waals surface area contributed by atoms with Crippen LogP contribution in [-0.4, -0.2) is 52.0 Å². The van der Waals surface area contributed by atoms with Crippen molar-refractivity contribution in [1.82, 2.24) is 19.9 Å². The number of carbonyl (C=O) groups is 1. The van der Waals surface area contributed by atoms with Crippen molar-refractivity contribution < 1.29 is 9.32 Å². The van der Waals surface area contributed by atoms with Crippen LogP contribution in [0.1, 0.15) is 38.5 Å². The van der Waals surface area contributed by atoms with E-state index in [4.69, 9.17) is 4.52 Å². The molecule has 1 amide bonds.